The molecule has 1 aromatic carbocycles. The van der Waals surface area contributed by atoms with Crippen molar-refractivity contribution >= 4 is 5.97 Å². The normalized spacial score (nSPS) is 25.3. The van der Waals surface area contributed by atoms with Crippen LogP contribution in [0.15, 0.2) is 18.2 Å². The van der Waals surface area contributed by atoms with Crippen LogP contribution in [-0.2, 0) is 4.79 Å². The molecule has 1 saturated carbocycles. The molecule has 2 unspecified atom stereocenters. The zero-order valence-electron chi connectivity index (χ0n) is 12.0. The number of halogens is 2. The van der Waals surface area contributed by atoms with E-state index in [1.807, 2.05) is 13.8 Å². The summed E-state index contributed by atoms with van der Waals surface area (Å²) >= 11 is 0. The summed E-state index contributed by atoms with van der Waals surface area (Å²) in [6, 6.07) is 2.98. The van der Waals surface area contributed by atoms with Crippen molar-refractivity contribution in [3.8, 4) is 5.75 Å². The monoisotopic (exact) mass is 299 g/mol. The van der Waals surface area contributed by atoms with Gasteiger partial charge in [0.25, 0.3) is 0 Å². The van der Waals surface area contributed by atoms with Crippen LogP contribution < -0.4 is 10.1 Å². The van der Waals surface area contributed by atoms with Gasteiger partial charge in [-0.05, 0) is 26.7 Å². The average molecular weight is 299 g/mol. The van der Waals surface area contributed by atoms with Crippen LogP contribution in [0, 0.1) is 11.6 Å². The van der Waals surface area contributed by atoms with Crippen LogP contribution in [-0.4, -0.2) is 28.8 Å². The summed E-state index contributed by atoms with van der Waals surface area (Å²) in [6.45, 7) is 3.75. The summed E-state index contributed by atoms with van der Waals surface area (Å²) in [6.07, 6.45) is 0.819. The highest BCUT2D eigenvalue weighted by Crippen LogP contribution is 2.34. The van der Waals surface area contributed by atoms with Crippen LogP contribution in [0.3, 0.4) is 0 Å². The summed E-state index contributed by atoms with van der Waals surface area (Å²) in [5.41, 5.74) is -1.04. The standard InChI is InChI=1S/C15H19F2NO3/c1-9(2)18-15(14(19)20)4-3-12(8-15)21-13-6-10(16)5-11(17)7-13/h5-7,9,12,18H,3-4,8H2,1-2H3,(H,19,20). The molecule has 0 spiro atoms. The first-order valence-electron chi connectivity index (χ1n) is 6.94. The number of rotatable bonds is 5. The van der Waals surface area contributed by atoms with Gasteiger partial charge in [-0.25, -0.2) is 8.78 Å². The third-order valence-electron chi connectivity index (χ3n) is 3.58. The molecule has 116 valence electrons. The lowest BCUT2D eigenvalue weighted by Gasteiger charge is -2.28. The fourth-order valence-electron chi connectivity index (χ4n) is 2.83. The van der Waals surface area contributed by atoms with E-state index in [1.165, 1.54) is 0 Å². The van der Waals surface area contributed by atoms with Crippen molar-refractivity contribution in [2.45, 2.75) is 50.8 Å². The van der Waals surface area contributed by atoms with E-state index >= 15 is 0 Å². The maximum absolute atomic E-state index is 13.1. The van der Waals surface area contributed by atoms with Crippen LogP contribution in [0.5, 0.6) is 5.75 Å². The summed E-state index contributed by atoms with van der Waals surface area (Å²) in [5, 5.41) is 12.5. The SMILES string of the molecule is CC(C)NC1(C(=O)O)CCC(Oc2cc(F)cc(F)c2)C1. The molecule has 2 N–H and O–H groups in total. The molecule has 0 bridgehead atoms. The van der Waals surface area contributed by atoms with Crippen molar-refractivity contribution in [2.75, 3.05) is 0 Å². The molecule has 2 atom stereocenters. The number of benzene rings is 1. The van der Waals surface area contributed by atoms with Gasteiger partial charge in [-0.1, -0.05) is 0 Å². The highest BCUT2D eigenvalue weighted by molar-refractivity contribution is 5.79. The largest absolute Gasteiger partial charge is 0.490 e. The van der Waals surface area contributed by atoms with Gasteiger partial charge < -0.3 is 9.84 Å². The number of hydrogen-bond acceptors (Lipinski definition) is 3. The average Bonchev–Trinajstić information content (AvgIpc) is 2.71. The predicted molar refractivity (Wildman–Crippen MR) is 73.3 cm³/mol. The Bertz CT molecular complexity index is 515. The summed E-state index contributed by atoms with van der Waals surface area (Å²) in [4.78, 5) is 11.5. The Kier molecular flexibility index (Phi) is 4.46. The van der Waals surface area contributed by atoms with E-state index in [9.17, 15) is 18.7 Å². The minimum absolute atomic E-state index is 0.0199. The highest BCUT2D eigenvalue weighted by atomic mass is 19.1. The number of ether oxygens (including phenoxy) is 1. The first-order valence-corrected chi connectivity index (χ1v) is 6.94. The highest BCUT2D eigenvalue weighted by Gasteiger charge is 2.46. The first kappa shape index (κ1) is 15.7. The van der Waals surface area contributed by atoms with E-state index in [4.69, 9.17) is 4.74 Å². The molecule has 1 aliphatic rings. The number of nitrogens with one attached hydrogen (secondary N) is 1. The maximum atomic E-state index is 13.1. The minimum atomic E-state index is -1.04. The van der Waals surface area contributed by atoms with Gasteiger partial charge in [0.05, 0.1) is 0 Å². The summed E-state index contributed by atoms with van der Waals surface area (Å²) in [5.74, 6) is -2.27. The van der Waals surface area contributed by atoms with Crippen molar-refractivity contribution in [2.24, 2.45) is 0 Å². The Morgan fingerprint density at radius 1 is 1.38 bits per heavy atom. The Morgan fingerprint density at radius 3 is 2.52 bits per heavy atom. The number of hydrogen-bond donors (Lipinski definition) is 2. The van der Waals surface area contributed by atoms with Gasteiger partial charge in [0.15, 0.2) is 0 Å². The van der Waals surface area contributed by atoms with Gasteiger partial charge >= 0.3 is 5.97 Å². The second-order valence-electron chi connectivity index (χ2n) is 5.77. The molecule has 4 nitrogen and oxygen atoms in total. The van der Waals surface area contributed by atoms with Crippen LogP contribution in [0.1, 0.15) is 33.1 Å². The van der Waals surface area contributed by atoms with Crippen molar-refractivity contribution in [3.05, 3.63) is 29.8 Å². The molecule has 1 aliphatic carbocycles. The van der Waals surface area contributed by atoms with Crippen molar-refractivity contribution in [1.82, 2.24) is 5.32 Å². The van der Waals surface area contributed by atoms with Gasteiger partial charge in [-0.3, -0.25) is 10.1 Å². The van der Waals surface area contributed by atoms with Gasteiger partial charge in [0.1, 0.15) is 29.0 Å². The molecule has 0 radical (unpaired) electrons. The second kappa shape index (κ2) is 5.97. The van der Waals surface area contributed by atoms with Gasteiger partial charge in [0, 0.05) is 30.7 Å². The van der Waals surface area contributed by atoms with Crippen LogP contribution in [0.2, 0.25) is 0 Å². The maximum Gasteiger partial charge on any atom is 0.324 e. The molecule has 1 aromatic rings. The Balaban J connectivity index is 2.08. The Labute approximate surface area is 122 Å². The number of carbonyl (C=O) groups is 1. The van der Waals surface area contributed by atoms with Crippen molar-refractivity contribution in [3.63, 3.8) is 0 Å². The Hall–Kier alpha value is -1.69. The molecule has 0 aliphatic heterocycles. The summed E-state index contributed by atoms with van der Waals surface area (Å²) < 4.78 is 31.8. The quantitative estimate of drug-likeness (QED) is 0.877. The van der Waals surface area contributed by atoms with Crippen LogP contribution in [0.25, 0.3) is 0 Å². The van der Waals surface area contributed by atoms with E-state index in [0.29, 0.717) is 12.8 Å². The fourth-order valence-corrected chi connectivity index (χ4v) is 2.83. The predicted octanol–water partition coefficient (Wildman–Crippen LogP) is 2.72. The number of carboxylic acid groups (broad SMARTS) is 1. The molecular formula is C15H19F2NO3. The lowest BCUT2D eigenvalue weighted by atomic mass is 9.96. The smallest absolute Gasteiger partial charge is 0.324 e. The molecule has 1 fully saturated rings. The summed E-state index contributed by atoms with van der Waals surface area (Å²) in [7, 11) is 0. The third kappa shape index (κ3) is 3.69. The van der Waals surface area contributed by atoms with Gasteiger partial charge in [-0.15, -0.1) is 0 Å². The first-order chi connectivity index (χ1) is 9.80. The molecule has 0 heterocycles. The molecular weight excluding hydrogens is 280 g/mol. The molecule has 2 rings (SSSR count). The Morgan fingerprint density at radius 2 is 2.00 bits per heavy atom. The zero-order chi connectivity index (χ0) is 15.6. The van der Waals surface area contributed by atoms with E-state index in [2.05, 4.69) is 5.32 Å². The fraction of sp³-hybridized carbons (Fsp3) is 0.533. The van der Waals surface area contributed by atoms with Crippen LogP contribution >= 0.6 is 0 Å². The van der Waals surface area contributed by atoms with Crippen molar-refractivity contribution in [1.29, 1.82) is 0 Å². The van der Waals surface area contributed by atoms with E-state index < -0.39 is 23.1 Å². The van der Waals surface area contributed by atoms with Gasteiger partial charge in [0.2, 0.25) is 0 Å². The lowest BCUT2D eigenvalue weighted by molar-refractivity contribution is -0.145. The molecule has 6 heteroatoms. The number of aliphatic carboxylic acids is 1. The second-order valence-corrected chi connectivity index (χ2v) is 5.77. The number of carboxylic acids is 1. The van der Waals surface area contributed by atoms with E-state index in [1.54, 1.807) is 0 Å². The lowest BCUT2D eigenvalue weighted by Crippen LogP contribution is -2.53. The zero-order valence-corrected chi connectivity index (χ0v) is 12.0. The minimum Gasteiger partial charge on any atom is -0.490 e. The van der Waals surface area contributed by atoms with E-state index in [-0.39, 0.29) is 24.3 Å². The molecule has 0 amide bonds. The van der Waals surface area contributed by atoms with Crippen molar-refractivity contribution < 1.29 is 23.4 Å². The van der Waals surface area contributed by atoms with Crippen LogP contribution in [0.4, 0.5) is 8.78 Å². The third-order valence-corrected chi connectivity index (χ3v) is 3.58. The van der Waals surface area contributed by atoms with E-state index in [0.717, 1.165) is 18.2 Å². The molecule has 0 aromatic heterocycles. The molecule has 0 saturated heterocycles. The van der Waals surface area contributed by atoms with Gasteiger partial charge in [-0.2, -0.15) is 0 Å². The topological polar surface area (TPSA) is 58.6 Å². The molecule has 21 heavy (non-hydrogen) atoms.